The third-order valence-electron chi connectivity index (χ3n) is 3.93. The summed E-state index contributed by atoms with van der Waals surface area (Å²) in [6.07, 6.45) is 2.49. The number of piperidine rings is 1. The molecule has 0 amide bonds. The summed E-state index contributed by atoms with van der Waals surface area (Å²) in [6.45, 7) is 6.91. The van der Waals surface area contributed by atoms with Gasteiger partial charge < -0.3 is 14.8 Å². The normalized spacial score (nSPS) is 22.8. The minimum absolute atomic E-state index is 0.366. The molecule has 1 unspecified atom stereocenters. The first kappa shape index (κ1) is 10.9. The average Bonchev–Trinajstić information content (AvgIpc) is 2.79. The van der Waals surface area contributed by atoms with Crippen molar-refractivity contribution in [1.82, 2.24) is 5.32 Å². The smallest absolute Gasteiger partial charge is 0.231 e. The van der Waals surface area contributed by atoms with Gasteiger partial charge in [0.1, 0.15) is 0 Å². The fraction of sp³-hybridized carbons (Fsp3) is 0.571. The lowest BCUT2D eigenvalue weighted by molar-refractivity contribution is 0.172. The maximum atomic E-state index is 5.67. The molecule has 1 aromatic carbocycles. The van der Waals surface area contributed by atoms with Gasteiger partial charge in [0.25, 0.3) is 0 Å². The molecule has 3 nitrogen and oxygen atoms in total. The molecule has 2 aliphatic heterocycles. The first-order chi connectivity index (χ1) is 8.27. The Morgan fingerprint density at radius 1 is 1.29 bits per heavy atom. The molecule has 92 valence electrons. The fourth-order valence-electron chi connectivity index (χ4n) is 2.88. The van der Waals surface area contributed by atoms with E-state index in [2.05, 4.69) is 25.2 Å². The van der Waals surface area contributed by atoms with Crippen LogP contribution in [0.2, 0.25) is 0 Å². The Morgan fingerprint density at radius 3 is 2.94 bits per heavy atom. The number of nitrogens with one attached hydrogen (secondary N) is 1. The van der Waals surface area contributed by atoms with Crippen LogP contribution in [-0.2, 0) is 0 Å². The predicted octanol–water partition coefficient (Wildman–Crippen LogP) is 2.50. The van der Waals surface area contributed by atoms with Gasteiger partial charge in [-0.15, -0.1) is 0 Å². The van der Waals surface area contributed by atoms with E-state index in [1.165, 1.54) is 29.5 Å². The van der Waals surface area contributed by atoms with Crippen LogP contribution in [0.1, 0.15) is 35.4 Å². The lowest BCUT2D eigenvalue weighted by atomic mass is 9.86. The molecule has 1 aromatic rings. The Bertz CT molecular complexity index is 436. The van der Waals surface area contributed by atoms with Crippen LogP contribution in [0.5, 0.6) is 11.5 Å². The largest absolute Gasteiger partial charge is 0.454 e. The number of hydrogen-bond acceptors (Lipinski definition) is 3. The van der Waals surface area contributed by atoms with Gasteiger partial charge >= 0.3 is 0 Å². The molecule has 2 aliphatic rings. The van der Waals surface area contributed by atoms with Crippen molar-refractivity contribution in [2.45, 2.75) is 32.6 Å². The van der Waals surface area contributed by atoms with Crippen LogP contribution in [0.4, 0.5) is 0 Å². The molecule has 0 saturated carbocycles. The highest BCUT2D eigenvalue weighted by molar-refractivity contribution is 5.56. The summed E-state index contributed by atoms with van der Waals surface area (Å²) in [7, 11) is 0. The molecule has 2 heterocycles. The van der Waals surface area contributed by atoms with E-state index in [-0.39, 0.29) is 0 Å². The van der Waals surface area contributed by atoms with E-state index in [4.69, 9.17) is 9.47 Å². The topological polar surface area (TPSA) is 30.5 Å². The third-order valence-corrected chi connectivity index (χ3v) is 3.93. The van der Waals surface area contributed by atoms with Gasteiger partial charge in [-0.3, -0.25) is 0 Å². The monoisotopic (exact) mass is 233 g/mol. The highest BCUT2D eigenvalue weighted by Gasteiger charge is 2.27. The maximum absolute atomic E-state index is 5.67. The molecule has 3 heteroatoms. The van der Waals surface area contributed by atoms with E-state index in [0.29, 0.717) is 12.7 Å². The van der Waals surface area contributed by atoms with Crippen molar-refractivity contribution in [2.24, 2.45) is 0 Å². The molecule has 0 bridgehead atoms. The zero-order valence-corrected chi connectivity index (χ0v) is 10.5. The van der Waals surface area contributed by atoms with Gasteiger partial charge in [0.15, 0.2) is 11.5 Å². The first-order valence-corrected chi connectivity index (χ1v) is 6.38. The molecule has 1 atom stereocenters. The Morgan fingerprint density at radius 2 is 2.18 bits per heavy atom. The summed E-state index contributed by atoms with van der Waals surface area (Å²) in [5.41, 5.74) is 4.03. The van der Waals surface area contributed by atoms with E-state index in [1.807, 2.05) is 0 Å². The minimum atomic E-state index is 0.366. The van der Waals surface area contributed by atoms with Crippen molar-refractivity contribution in [1.29, 1.82) is 0 Å². The number of rotatable bonds is 1. The Hall–Kier alpha value is -1.22. The SMILES string of the molecule is Cc1cc2c(c(C3CCCNC3)c1C)OCO2. The van der Waals surface area contributed by atoms with Crippen molar-refractivity contribution >= 4 is 0 Å². The summed E-state index contributed by atoms with van der Waals surface area (Å²) < 4.78 is 11.2. The molecular weight excluding hydrogens is 214 g/mol. The van der Waals surface area contributed by atoms with Crippen molar-refractivity contribution in [2.75, 3.05) is 19.9 Å². The minimum Gasteiger partial charge on any atom is -0.454 e. The van der Waals surface area contributed by atoms with Crippen LogP contribution < -0.4 is 14.8 Å². The van der Waals surface area contributed by atoms with Gasteiger partial charge in [0.2, 0.25) is 6.79 Å². The predicted molar refractivity (Wildman–Crippen MR) is 66.9 cm³/mol. The van der Waals surface area contributed by atoms with Gasteiger partial charge in [0, 0.05) is 18.0 Å². The van der Waals surface area contributed by atoms with Gasteiger partial charge in [-0.2, -0.15) is 0 Å². The Labute approximate surface area is 102 Å². The van der Waals surface area contributed by atoms with Crippen LogP contribution in [-0.4, -0.2) is 19.9 Å². The number of fused-ring (bicyclic) bond motifs is 1. The third kappa shape index (κ3) is 1.78. The van der Waals surface area contributed by atoms with Crippen LogP contribution in [0.15, 0.2) is 6.07 Å². The number of ether oxygens (including phenoxy) is 2. The zero-order chi connectivity index (χ0) is 11.8. The van der Waals surface area contributed by atoms with Gasteiger partial charge in [-0.05, 0) is 50.4 Å². The van der Waals surface area contributed by atoms with Crippen molar-refractivity contribution < 1.29 is 9.47 Å². The molecular formula is C14H19NO2. The number of hydrogen-bond donors (Lipinski definition) is 1. The van der Waals surface area contributed by atoms with E-state index in [1.54, 1.807) is 0 Å². The van der Waals surface area contributed by atoms with E-state index >= 15 is 0 Å². The molecule has 3 rings (SSSR count). The molecule has 0 aliphatic carbocycles. The van der Waals surface area contributed by atoms with Crippen LogP contribution in [0, 0.1) is 13.8 Å². The summed E-state index contributed by atoms with van der Waals surface area (Å²) >= 11 is 0. The maximum Gasteiger partial charge on any atom is 0.231 e. The number of benzene rings is 1. The lowest BCUT2D eigenvalue weighted by Crippen LogP contribution is -2.29. The highest BCUT2D eigenvalue weighted by atomic mass is 16.7. The highest BCUT2D eigenvalue weighted by Crippen LogP contribution is 2.44. The van der Waals surface area contributed by atoms with Gasteiger partial charge in [-0.1, -0.05) is 0 Å². The molecule has 17 heavy (non-hydrogen) atoms. The van der Waals surface area contributed by atoms with E-state index < -0.39 is 0 Å². The molecule has 0 aromatic heterocycles. The quantitative estimate of drug-likeness (QED) is 0.808. The second-order valence-electron chi connectivity index (χ2n) is 5.01. The van der Waals surface area contributed by atoms with Crippen molar-refractivity contribution in [3.05, 3.63) is 22.8 Å². The summed E-state index contributed by atoms with van der Waals surface area (Å²) in [6, 6.07) is 2.09. The van der Waals surface area contributed by atoms with Crippen molar-refractivity contribution in [3.8, 4) is 11.5 Å². The first-order valence-electron chi connectivity index (χ1n) is 6.38. The van der Waals surface area contributed by atoms with Crippen LogP contribution in [0.3, 0.4) is 0 Å². The molecule has 0 spiro atoms. The summed E-state index contributed by atoms with van der Waals surface area (Å²) in [5.74, 6) is 2.48. The lowest BCUT2D eigenvalue weighted by Gasteiger charge is -2.26. The van der Waals surface area contributed by atoms with Gasteiger partial charge in [-0.25, -0.2) is 0 Å². The van der Waals surface area contributed by atoms with Crippen LogP contribution >= 0.6 is 0 Å². The summed E-state index contributed by atoms with van der Waals surface area (Å²) in [4.78, 5) is 0. The fourth-order valence-corrected chi connectivity index (χ4v) is 2.88. The van der Waals surface area contributed by atoms with E-state index in [9.17, 15) is 0 Å². The summed E-state index contributed by atoms with van der Waals surface area (Å²) in [5, 5.41) is 3.47. The second-order valence-corrected chi connectivity index (χ2v) is 5.01. The zero-order valence-electron chi connectivity index (χ0n) is 10.5. The number of aryl methyl sites for hydroxylation is 1. The molecule has 1 saturated heterocycles. The molecule has 0 radical (unpaired) electrons. The average molecular weight is 233 g/mol. The molecule has 1 N–H and O–H groups in total. The van der Waals surface area contributed by atoms with Gasteiger partial charge in [0.05, 0.1) is 0 Å². The Balaban J connectivity index is 2.07. The Kier molecular flexibility index (Phi) is 2.71. The van der Waals surface area contributed by atoms with Crippen LogP contribution in [0.25, 0.3) is 0 Å². The van der Waals surface area contributed by atoms with Crippen molar-refractivity contribution in [3.63, 3.8) is 0 Å². The van der Waals surface area contributed by atoms with E-state index in [0.717, 1.165) is 24.6 Å². The second kappa shape index (κ2) is 4.22. The molecule has 1 fully saturated rings. The standard InChI is InChI=1S/C14H19NO2/c1-9-6-12-14(17-8-16-12)13(10(9)2)11-4-3-5-15-7-11/h6,11,15H,3-5,7-8H2,1-2H3.